The second-order valence-electron chi connectivity index (χ2n) is 4.24. The summed E-state index contributed by atoms with van der Waals surface area (Å²) in [7, 11) is 0. The van der Waals surface area contributed by atoms with Gasteiger partial charge >= 0.3 is 5.97 Å². The van der Waals surface area contributed by atoms with Gasteiger partial charge in [-0.2, -0.15) is 0 Å². The first kappa shape index (κ1) is 11.4. The Morgan fingerprint density at radius 1 is 1.47 bits per heavy atom. The molecule has 1 aliphatic rings. The standard InChI is InChI=1S/C12H13NO4/c1-7-2-3-9(10(14)4-7)13-6-8(12(16)17)5-11(13)15/h2-4,8,14H,5-6H2,1H3,(H,16,17)/t8-/m0/s1. The van der Waals surface area contributed by atoms with E-state index in [9.17, 15) is 14.7 Å². The third-order valence-corrected chi connectivity index (χ3v) is 2.90. The van der Waals surface area contributed by atoms with Crippen LogP contribution in [0.3, 0.4) is 0 Å². The van der Waals surface area contributed by atoms with Gasteiger partial charge in [0.1, 0.15) is 5.75 Å². The van der Waals surface area contributed by atoms with Gasteiger partial charge in [-0.25, -0.2) is 0 Å². The number of carbonyl (C=O) groups excluding carboxylic acids is 1. The number of benzene rings is 1. The van der Waals surface area contributed by atoms with E-state index in [1.807, 2.05) is 6.92 Å². The van der Waals surface area contributed by atoms with Gasteiger partial charge in [-0.05, 0) is 24.6 Å². The quantitative estimate of drug-likeness (QED) is 0.805. The highest BCUT2D eigenvalue weighted by atomic mass is 16.4. The molecule has 5 heteroatoms. The van der Waals surface area contributed by atoms with Crippen molar-refractivity contribution in [3.05, 3.63) is 23.8 Å². The van der Waals surface area contributed by atoms with E-state index in [0.29, 0.717) is 5.69 Å². The maximum absolute atomic E-state index is 11.7. The maximum Gasteiger partial charge on any atom is 0.308 e. The molecule has 0 bridgehead atoms. The summed E-state index contributed by atoms with van der Waals surface area (Å²) in [6.45, 7) is 1.94. The zero-order valence-electron chi connectivity index (χ0n) is 9.38. The van der Waals surface area contributed by atoms with Crippen LogP contribution in [0.4, 0.5) is 5.69 Å². The zero-order chi connectivity index (χ0) is 12.6. The number of hydrogen-bond acceptors (Lipinski definition) is 3. The first-order valence-electron chi connectivity index (χ1n) is 5.32. The molecule has 1 saturated heterocycles. The van der Waals surface area contributed by atoms with Crippen molar-refractivity contribution in [2.24, 2.45) is 5.92 Å². The molecular formula is C12H13NO4. The Bertz CT molecular complexity index is 483. The summed E-state index contributed by atoms with van der Waals surface area (Å²) in [4.78, 5) is 23.8. The Hall–Kier alpha value is -2.04. The lowest BCUT2D eigenvalue weighted by atomic mass is 10.1. The monoisotopic (exact) mass is 235 g/mol. The summed E-state index contributed by atoms with van der Waals surface area (Å²) in [5.41, 5.74) is 1.26. The largest absolute Gasteiger partial charge is 0.506 e. The summed E-state index contributed by atoms with van der Waals surface area (Å²) < 4.78 is 0. The van der Waals surface area contributed by atoms with Crippen LogP contribution in [0.1, 0.15) is 12.0 Å². The number of nitrogens with zero attached hydrogens (tertiary/aromatic N) is 1. The number of phenols is 1. The SMILES string of the molecule is Cc1ccc(N2C[C@@H](C(=O)O)CC2=O)c(O)c1. The van der Waals surface area contributed by atoms with Crippen LogP contribution in [-0.4, -0.2) is 28.6 Å². The van der Waals surface area contributed by atoms with Crippen LogP contribution in [0.2, 0.25) is 0 Å². The lowest BCUT2D eigenvalue weighted by Crippen LogP contribution is -2.25. The van der Waals surface area contributed by atoms with Crippen LogP contribution in [-0.2, 0) is 9.59 Å². The molecule has 1 atom stereocenters. The van der Waals surface area contributed by atoms with Gasteiger partial charge in [0, 0.05) is 13.0 Å². The van der Waals surface area contributed by atoms with E-state index in [4.69, 9.17) is 5.11 Å². The Morgan fingerprint density at radius 2 is 2.18 bits per heavy atom. The van der Waals surface area contributed by atoms with Crippen LogP contribution in [0.15, 0.2) is 18.2 Å². The average molecular weight is 235 g/mol. The van der Waals surface area contributed by atoms with Crippen molar-refractivity contribution < 1.29 is 19.8 Å². The van der Waals surface area contributed by atoms with E-state index in [2.05, 4.69) is 0 Å². The molecule has 0 radical (unpaired) electrons. The number of carbonyl (C=O) groups is 2. The molecule has 1 fully saturated rings. The number of aromatic hydroxyl groups is 1. The number of carboxylic acids is 1. The minimum atomic E-state index is -0.979. The molecule has 0 unspecified atom stereocenters. The fourth-order valence-electron chi connectivity index (χ4n) is 1.97. The van der Waals surface area contributed by atoms with E-state index >= 15 is 0 Å². The molecule has 1 aromatic carbocycles. The first-order valence-corrected chi connectivity index (χ1v) is 5.32. The number of aliphatic carboxylic acids is 1. The van der Waals surface area contributed by atoms with E-state index in [0.717, 1.165) is 5.56 Å². The molecule has 1 heterocycles. The van der Waals surface area contributed by atoms with Crippen LogP contribution in [0.5, 0.6) is 5.75 Å². The Morgan fingerprint density at radius 3 is 2.71 bits per heavy atom. The molecule has 1 amide bonds. The number of rotatable bonds is 2. The van der Waals surface area contributed by atoms with Crippen molar-refractivity contribution in [2.75, 3.05) is 11.4 Å². The number of carboxylic acid groups (broad SMARTS) is 1. The zero-order valence-corrected chi connectivity index (χ0v) is 9.38. The van der Waals surface area contributed by atoms with Crippen LogP contribution < -0.4 is 4.90 Å². The van der Waals surface area contributed by atoms with Crippen molar-refractivity contribution in [2.45, 2.75) is 13.3 Å². The van der Waals surface area contributed by atoms with E-state index in [-0.39, 0.29) is 24.6 Å². The molecule has 1 aromatic rings. The van der Waals surface area contributed by atoms with Crippen molar-refractivity contribution in [3.63, 3.8) is 0 Å². The maximum atomic E-state index is 11.7. The number of aryl methyl sites for hydroxylation is 1. The van der Waals surface area contributed by atoms with Crippen LogP contribution >= 0.6 is 0 Å². The van der Waals surface area contributed by atoms with Gasteiger partial charge in [0.25, 0.3) is 0 Å². The summed E-state index contributed by atoms with van der Waals surface area (Å²) in [6, 6.07) is 4.96. The normalized spacial score (nSPS) is 19.7. The van der Waals surface area contributed by atoms with Crippen molar-refractivity contribution in [1.82, 2.24) is 0 Å². The lowest BCUT2D eigenvalue weighted by Gasteiger charge is -2.17. The summed E-state index contributed by atoms with van der Waals surface area (Å²) in [6.07, 6.45) is -0.0113. The number of hydrogen-bond donors (Lipinski definition) is 2. The summed E-state index contributed by atoms with van der Waals surface area (Å²) in [5.74, 6) is -1.93. The minimum absolute atomic E-state index is 0.00406. The molecule has 1 aliphatic heterocycles. The van der Waals surface area contributed by atoms with Gasteiger partial charge < -0.3 is 15.1 Å². The van der Waals surface area contributed by atoms with Crippen molar-refractivity contribution in [3.8, 4) is 5.75 Å². The van der Waals surface area contributed by atoms with E-state index in [1.54, 1.807) is 18.2 Å². The second-order valence-corrected chi connectivity index (χ2v) is 4.24. The molecule has 90 valence electrons. The minimum Gasteiger partial charge on any atom is -0.506 e. The Labute approximate surface area is 98.3 Å². The Kier molecular flexibility index (Phi) is 2.75. The number of phenolic OH excluding ortho intramolecular Hbond substituents is 1. The highest BCUT2D eigenvalue weighted by molar-refractivity contribution is 6.00. The highest BCUT2D eigenvalue weighted by Crippen LogP contribution is 2.32. The van der Waals surface area contributed by atoms with Crippen LogP contribution in [0.25, 0.3) is 0 Å². The predicted octanol–water partition coefficient (Wildman–Crippen LogP) is 1.14. The van der Waals surface area contributed by atoms with Gasteiger partial charge in [-0.15, -0.1) is 0 Å². The lowest BCUT2D eigenvalue weighted by molar-refractivity contribution is -0.141. The third-order valence-electron chi connectivity index (χ3n) is 2.90. The third kappa shape index (κ3) is 2.08. The molecule has 2 N–H and O–H groups in total. The fraction of sp³-hybridized carbons (Fsp3) is 0.333. The summed E-state index contributed by atoms with van der Waals surface area (Å²) >= 11 is 0. The van der Waals surface area contributed by atoms with Gasteiger partial charge in [0.2, 0.25) is 5.91 Å². The van der Waals surface area contributed by atoms with Gasteiger partial charge in [-0.1, -0.05) is 6.07 Å². The average Bonchev–Trinajstić information content (AvgIpc) is 2.61. The molecular weight excluding hydrogens is 222 g/mol. The molecule has 0 spiro atoms. The van der Waals surface area contributed by atoms with E-state index in [1.165, 1.54) is 4.90 Å². The van der Waals surface area contributed by atoms with Crippen molar-refractivity contribution >= 4 is 17.6 Å². The summed E-state index contributed by atoms with van der Waals surface area (Å²) in [5, 5.41) is 18.6. The molecule has 17 heavy (non-hydrogen) atoms. The van der Waals surface area contributed by atoms with Gasteiger partial charge in [-0.3, -0.25) is 9.59 Å². The number of anilines is 1. The predicted molar refractivity (Wildman–Crippen MR) is 60.9 cm³/mol. The van der Waals surface area contributed by atoms with Gasteiger partial charge in [0.15, 0.2) is 0 Å². The molecule has 0 saturated carbocycles. The van der Waals surface area contributed by atoms with E-state index < -0.39 is 11.9 Å². The molecule has 2 rings (SSSR count). The topological polar surface area (TPSA) is 77.8 Å². The first-order chi connectivity index (χ1) is 7.99. The smallest absolute Gasteiger partial charge is 0.308 e. The molecule has 0 aromatic heterocycles. The number of amides is 1. The second kappa shape index (κ2) is 4.08. The van der Waals surface area contributed by atoms with Crippen molar-refractivity contribution in [1.29, 1.82) is 0 Å². The Balaban J connectivity index is 2.29. The fourth-order valence-corrected chi connectivity index (χ4v) is 1.97. The highest BCUT2D eigenvalue weighted by Gasteiger charge is 2.35. The molecule has 0 aliphatic carbocycles. The molecule has 5 nitrogen and oxygen atoms in total. The van der Waals surface area contributed by atoms with Gasteiger partial charge in [0.05, 0.1) is 11.6 Å². The van der Waals surface area contributed by atoms with Crippen LogP contribution in [0, 0.1) is 12.8 Å².